The third-order valence-electron chi connectivity index (χ3n) is 6.85. The Morgan fingerprint density at radius 3 is 2.44 bits per heavy atom. The zero-order valence-electron chi connectivity index (χ0n) is 25.0. The molecule has 0 spiro atoms. The monoisotopic (exact) mass is 620 g/mol. The summed E-state index contributed by atoms with van der Waals surface area (Å²) in [4.78, 5) is 27.9. The molecule has 45 heavy (non-hydrogen) atoms. The van der Waals surface area contributed by atoms with Gasteiger partial charge in [0.25, 0.3) is 17.4 Å². The molecule has 2 aromatic carbocycles. The highest BCUT2D eigenvalue weighted by Crippen LogP contribution is 2.31. The van der Waals surface area contributed by atoms with Crippen LogP contribution in [0.2, 0.25) is 0 Å². The van der Waals surface area contributed by atoms with Crippen molar-refractivity contribution in [3.63, 3.8) is 0 Å². The second-order valence-electron chi connectivity index (χ2n) is 11.4. The van der Waals surface area contributed by atoms with Crippen LogP contribution in [-0.2, 0) is 19.8 Å². The normalized spacial score (nSPS) is 12.6. The quantitative estimate of drug-likeness (QED) is 0.259. The van der Waals surface area contributed by atoms with Crippen LogP contribution in [0.1, 0.15) is 46.2 Å². The number of hydrogen-bond acceptors (Lipinski definition) is 7. The number of rotatable bonds is 8. The van der Waals surface area contributed by atoms with Gasteiger partial charge < -0.3 is 14.2 Å². The molecule has 0 aliphatic rings. The molecule has 5 rings (SSSR count). The number of nitrogens with one attached hydrogen (secondary N) is 1. The summed E-state index contributed by atoms with van der Waals surface area (Å²) in [5.41, 5.74) is -0.955. The van der Waals surface area contributed by atoms with Gasteiger partial charge in [-0.25, -0.2) is 9.36 Å². The number of nitrogens with zero attached hydrogens (tertiary/aromatic N) is 8. The summed E-state index contributed by atoms with van der Waals surface area (Å²) in [7, 11) is 7.31. The van der Waals surface area contributed by atoms with E-state index >= 15 is 0 Å². The number of carbonyl (C=O) groups excluding carboxylic acids is 1. The van der Waals surface area contributed by atoms with Gasteiger partial charge in [-0.15, -0.1) is 10.2 Å². The minimum Gasteiger partial charge on any atom is -0.418 e. The highest BCUT2D eigenvalue weighted by atomic mass is 19.4. The SMILES string of the molecule is CC(NC(=O)c1c(-c2ccnn2-c2ccc(C#N)cc2)n(C)n(-c2cccc(C(F)(F)F)c2)c1=O)c1nnc(C[N+](C)(C)C)o1. The topological polar surface area (TPSA) is 137 Å². The smallest absolute Gasteiger partial charge is 0.416 e. The van der Waals surface area contributed by atoms with Gasteiger partial charge >= 0.3 is 6.18 Å². The van der Waals surface area contributed by atoms with E-state index in [1.807, 2.05) is 27.2 Å². The molecular weight excluding hydrogens is 591 g/mol. The Hall–Kier alpha value is -5.49. The van der Waals surface area contributed by atoms with Crippen LogP contribution in [0.3, 0.4) is 0 Å². The molecule has 0 radical (unpaired) electrons. The molecule has 5 aromatic rings. The van der Waals surface area contributed by atoms with Crippen LogP contribution in [0.5, 0.6) is 0 Å². The molecule has 1 N–H and O–H groups in total. The summed E-state index contributed by atoms with van der Waals surface area (Å²) < 4.78 is 50.8. The van der Waals surface area contributed by atoms with Gasteiger partial charge in [0.1, 0.15) is 17.3 Å². The lowest BCUT2D eigenvalue weighted by molar-refractivity contribution is -0.885. The molecule has 1 unspecified atom stereocenters. The number of alkyl halides is 3. The maximum Gasteiger partial charge on any atom is 0.416 e. The zero-order valence-corrected chi connectivity index (χ0v) is 25.0. The van der Waals surface area contributed by atoms with Crippen molar-refractivity contribution in [2.24, 2.45) is 7.05 Å². The second kappa shape index (κ2) is 11.5. The number of carbonyl (C=O) groups is 1. The minimum absolute atomic E-state index is 0.0835. The van der Waals surface area contributed by atoms with E-state index in [1.54, 1.807) is 37.3 Å². The van der Waals surface area contributed by atoms with E-state index in [9.17, 15) is 28.0 Å². The number of benzene rings is 2. The third-order valence-corrected chi connectivity index (χ3v) is 6.85. The van der Waals surface area contributed by atoms with Gasteiger partial charge in [0.2, 0.25) is 5.89 Å². The summed E-state index contributed by atoms with van der Waals surface area (Å²) in [6.45, 7) is 2.05. The van der Waals surface area contributed by atoms with Gasteiger partial charge in [-0.2, -0.15) is 23.5 Å². The molecule has 0 saturated carbocycles. The van der Waals surface area contributed by atoms with Crippen LogP contribution in [0.15, 0.2) is 70.0 Å². The van der Waals surface area contributed by atoms with Crippen LogP contribution in [0.4, 0.5) is 13.2 Å². The molecule has 0 aliphatic carbocycles. The Morgan fingerprint density at radius 1 is 1.09 bits per heavy atom. The maximum atomic E-state index is 14.0. The molecule has 3 aromatic heterocycles. The van der Waals surface area contributed by atoms with E-state index < -0.39 is 29.2 Å². The van der Waals surface area contributed by atoms with Crippen LogP contribution in [0.25, 0.3) is 22.8 Å². The van der Waals surface area contributed by atoms with Gasteiger partial charge in [0.05, 0.1) is 61.6 Å². The first kappa shape index (κ1) is 31.0. The van der Waals surface area contributed by atoms with Crippen molar-refractivity contribution < 1.29 is 26.9 Å². The van der Waals surface area contributed by atoms with Crippen LogP contribution in [-0.4, -0.2) is 60.9 Å². The molecule has 0 saturated heterocycles. The van der Waals surface area contributed by atoms with Crippen molar-refractivity contribution in [3.05, 3.63) is 99.6 Å². The van der Waals surface area contributed by atoms with E-state index in [0.29, 0.717) is 33.9 Å². The largest absolute Gasteiger partial charge is 0.418 e. The summed E-state index contributed by atoms with van der Waals surface area (Å²) in [6.07, 6.45) is -3.20. The Labute approximate surface area is 255 Å². The Kier molecular flexibility index (Phi) is 7.94. The highest BCUT2D eigenvalue weighted by molar-refractivity contribution is 6.00. The second-order valence-corrected chi connectivity index (χ2v) is 11.4. The fraction of sp³-hybridized carbons (Fsp3) is 0.267. The highest BCUT2D eigenvalue weighted by Gasteiger charge is 2.33. The number of halogens is 3. The minimum atomic E-state index is -4.66. The van der Waals surface area contributed by atoms with Crippen molar-refractivity contribution in [2.45, 2.75) is 25.7 Å². The molecule has 0 aliphatic heterocycles. The molecule has 1 amide bonds. The van der Waals surface area contributed by atoms with Crippen molar-refractivity contribution in [2.75, 3.05) is 21.1 Å². The summed E-state index contributed by atoms with van der Waals surface area (Å²) in [5.74, 6) is -0.343. The predicted molar refractivity (Wildman–Crippen MR) is 155 cm³/mol. The van der Waals surface area contributed by atoms with Crippen LogP contribution in [0, 0.1) is 11.3 Å². The zero-order chi connectivity index (χ0) is 32.7. The van der Waals surface area contributed by atoms with Crippen molar-refractivity contribution in [3.8, 4) is 28.8 Å². The molecule has 0 fully saturated rings. The molecule has 15 heteroatoms. The number of nitriles is 1. The van der Waals surface area contributed by atoms with Gasteiger partial charge in [0.15, 0.2) is 6.54 Å². The lowest BCUT2D eigenvalue weighted by Gasteiger charge is -2.21. The molecule has 232 valence electrons. The lowest BCUT2D eigenvalue weighted by atomic mass is 10.1. The van der Waals surface area contributed by atoms with E-state index in [4.69, 9.17) is 4.42 Å². The molecule has 1 atom stereocenters. The first-order chi connectivity index (χ1) is 21.2. The average molecular weight is 621 g/mol. The number of quaternary nitrogens is 1. The van der Waals surface area contributed by atoms with Gasteiger partial charge in [-0.05, 0) is 55.5 Å². The Bertz CT molecular complexity index is 1970. The molecule has 0 bridgehead atoms. The predicted octanol–water partition coefficient (Wildman–Crippen LogP) is 4.00. The first-order valence-electron chi connectivity index (χ1n) is 13.7. The molecule has 3 heterocycles. The van der Waals surface area contributed by atoms with Gasteiger partial charge in [0, 0.05) is 7.05 Å². The standard InChI is InChI=1S/C30H28F3N9O3/c1-18(28-38-37-24(45-28)17-42(3,4)5)36-27(43)25-26(23-13-14-35-40(23)21-11-9-19(16-34)10-12-21)39(2)41(29(25)44)22-8-6-7-20(15-22)30(31,32)33/h6-15,18H,17H2,1-5H3/p+1. The van der Waals surface area contributed by atoms with Crippen LogP contribution >= 0.6 is 0 Å². The number of amides is 1. The fourth-order valence-corrected chi connectivity index (χ4v) is 4.82. The Morgan fingerprint density at radius 2 is 1.80 bits per heavy atom. The van der Waals surface area contributed by atoms with Crippen molar-refractivity contribution in [1.29, 1.82) is 5.26 Å². The molecular formula is C30H29F3N9O3+. The Balaban J connectivity index is 1.63. The van der Waals surface area contributed by atoms with E-state index in [0.717, 1.165) is 16.8 Å². The van der Waals surface area contributed by atoms with E-state index in [-0.39, 0.29) is 22.8 Å². The third kappa shape index (κ3) is 6.27. The average Bonchev–Trinajstić information content (AvgIpc) is 3.69. The van der Waals surface area contributed by atoms with Gasteiger partial charge in [-0.3, -0.25) is 14.3 Å². The maximum absolute atomic E-state index is 14.0. The number of aromatic nitrogens is 6. The van der Waals surface area contributed by atoms with Crippen molar-refractivity contribution in [1.82, 2.24) is 34.7 Å². The fourth-order valence-electron chi connectivity index (χ4n) is 4.82. The number of hydrogen-bond donors (Lipinski definition) is 1. The summed E-state index contributed by atoms with van der Waals surface area (Å²) in [5, 5.41) is 24.4. The first-order valence-corrected chi connectivity index (χ1v) is 13.7. The van der Waals surface area contributed by atoms with E-state index in [2.05, 4.69) is 20.6 Å². The summed E-state index contributed by atoms with van der Waals surface area (Å²) in [6, 6.07) is 13.5. The van der Waals surface area contributed by atoms with Crippen LogP contribution < -0.4 is 10.9 Å². The van der Waals surface area contributed by atoms with Crippen molar-refractivity contribution >= 4 is 5.91 Å². The summed E-state index contributed by atoms with van der Waals surface area (Å²) >= 11 is 0. The van der Waals surface area contributed by atoms with Gasteiger partial charge in [-0.1, -0.05) is 6.07 Å². The lowest BCUT2D eigenvalue weighted by Crippen LogP contribution is -2.33. The molecule has 12 nitrogen and oxygen atoms in total. The van der Waals surface area contributed by atoms with E-state index in [1.165, 1.54) is 34.7 Å².